The van der Waals surface area contributed by atoms with Crippen molar-refractivity contribution in [2.45, 2.75) is 66.0 Å². The highest BCUT2D eigenvalue weighted by molar-refractivity contribution is 4.95. The number of hydrogen-bond donors (Lipinski definition) is 1. The van der Waals surface area contributed by atoms with Crippen LogP contribution in [0.4, 0.5) is 0 Å². The maximum atomic E-state index is 3.79. The molecule has 1 aliphatic heterocycles. The predicted octanol–water partition coefficient (Wildman–Crippen LogP) is 3.13. The molecule has 2 atom stereocenters. The van der Waals surface area contributed by atoms with Crippen LogP contribution >= 0.6 is 0 Å². The van der Waals surface area contributed by atoms with Crippen LogP contribution in [0.1, 0.15) is 53.9 Å². The van der Waals surface area contributed by atoms with Crippen molar-refractivity contribution in [1.82, 2.24) is 10.2 Å². The third kappa shape index (κ3) is 3.27. The van der Waals surface area contributed by atoms with E-state index in [1.165, 1.54) is 38.9 Å². The van der Waals surface area contributed by atoms with E-state index in [9.17, 15) is 0 Å². The van der Waals surface area contributed by atoms with Gasteiger partial charge in [0.15, 0.2) is 0 Å². The molecule has 0 bridgehead atoms. The van der Waals surface area contributed by atoms with Crippen molar-refractivity contribution >= 4 is 0 Å². The standard InChI is InChI=1S/C16H32N2/c1-6-14-9-17-15(13-7-8-13)10-18(14)11-16(4,5)12(2)3/h12-15,17H,6-11H2,1-5H3. The van der Waals surface area contributed by atoms with Crippen LogP contribution in [0.15, 0.2) is 0 Å². The van der Waals surface area contributed by atoms with E-state index < -0.39 is 0 Å². The first-order chi connectivity index (χ1) is 8.44. The molecule has 106 valence electrons. The Bertz CT molecular complexity index is 268. The van der Waals surface area contributed by atoms with Gasteiger partial charge in [0.1, 0.15) is 0 Å². The van der Waals surface area contributed by atoms with Crippen LogP contribution in [-0.2, 0) is 0 Å². The van der Waals surface area contributed by atoms with Gasteiger partial charge in [0.05, 0.1) is 0 Å². The molecule has 0 aromatic carbocycles. The van der Waals surface area contributed by atoms with E-state index in [4.69, 9.17) is 0 Å². The minimum absolute atomic E-state index is 0.429. The van der Waals surface area contributed by atoms with Crippen molar-refractivity contribution in [2.75, 3.05) is 19.6 Å². The molecule has 2 heteroatoms. The zero-order valence-electron chi connectivity index (χ0n) is 13.0. The number of piperazine rings is 1. The van der Waals surface area contributed by atoms with Crippen molar-refractivity contribution in [3.05, 3.63) is 0 Å². The summed E-state index contributed by atoms with van der Waals surface area (Å²) in [4.78, 5) is 2.78. The van der Waals surface area contributed by atoms with Crippen molar-refractivity contribution in [3.8, 4) is 0 Å². The quantitative estimate of drug-likeness (QED) is 0.809. The molecule has 0 radical (unpaired) electrons. The van der Waals surface area contributed by atoms with E-state index >= 15 is 0 Å². The predicted molar refractivity (Wildman–Crippen MR) is 78.8 cm³/mol. The Morgan fingerprint density at radius 3 is 2.44 bits per heavy atom. The Balaban J connectivity index is 1.97. The minimum Gasteiger partial charge on any atom is -0.311 e. The minimum atomic E-state index is 0.429. The van der Waals surface area contributed by atoms with Gasteiger partial charge < -0.3 is 5.32 Å². The van der Waals surface area contributed by atoms with E-state index in [1.54, 1.807) is 0 Å². The molecule has 0 aromatic heterocycles. The lowest BCUT2D eigenvalue weighted by Crippen LogP contribution is -2.59. The lowest BCUT2D eigenvalue weighted by atomic mass is 9.80. The fourth-order valence-corrected chi connectivity index (χ4v) is 3.00. The summed E-state index contributed by atoms with van der Waals surface area (Å²) in [6, 6.07) is 1.52. The topological polar surface area (TPSA) is 15.3 Å². The molecule has 2 rings (SSSR count). The summed E-state index contributed by atoms with van der Waals surface area (Å²) >= 11 is 0. The summed E-state index contributed by atoms with van der Waals surface area (Å²) in [5.41, 5.74) is 0.429. The summed E-state index contributed by atoms with van der Waals surface area (Å²) < 4.78 is 0. The Hall–Kier alpha value is -0.0800. The third-order valence-electron chi connectivity index (χ3n) is 5.40. The average Bonchev–Trinajstić information content (AvgIpc) is 3.12. The number of nitrogens with one attached hydrogen (secondary N) is 1. The monoisotopic (exact) mass is 252 g/mol. The van der Waals surface area contributed by atoms with Gasteiger partial charge in [-0.15, -0.1) is 0 Å². The largest absolute Gasteiger partial charge is 0.311 e. The normalized spacial score (nSPS) is 31.0. The average molecular weight is 252 g/mol. The van der Waals surface area contributed by atoms with E-state index in [2.05, 4.69) is 44.8 Å². The molecule has 1 saturated carbocycles. The molecule has 0 amide bonds. The maximum Gasteiger partial charge on any atom is 0.0224 e. The highest BCUT2D eigenvalue weighted by Gasteiger charge is 2.38. The molecular formula is C16H32N2. The summed E-state index contributed by atoms with van der Waals surface area (Å²) in [7, 11) is 0. The fraction of sp³-hybridized carbons (Fsp3) is 1.00. The highest BCUT2D eigenvalue weighted by Crippen LogP contribution is 2.36. The fourth-order valence-electron chi connectivity index (χ4n) is 3.00. The molecule has 2 fully saturated rings. The first-order valence-electron chi connectivity index (χ1n) is 7.91. The van der Waals surface area contributed by atoms with Crippen molar-refractivity contribution < 1.29 is 0 Å². The first kappa shape index (κ1) is 14.3. The second kappa shape index (κ2) is 5.50. The zero-order chi connectivity index (χ0) is 13.3. The van der Waals surface area contributed by atoms with E-state index in [-0.39, 0.29) is 0 Å². The van der Waals surface area contributed by atoms with Gasteiger partial charge in [-0.3, -0.25) is 4.90 Å². The number of rotatable bonds is 5. The zero-order valence-corrected chi connectivity index (χ0v) is 13.0. The van der Waals surface area contributed by atoms with Crippen LogP contribution < -0.4 is 5.32 Å². The molecule has 1 saturated heterocycles. The second-order valence-electron chi connectivity index (χ2n) is 7.49. The van der Waals surface area contributed by atoms with Gasteiger partial charge in [-0.25, -0.2) is 0 Å². The maximum absolute atomic E-state index is 3.79. The Morgan fingerprint density at radius 2 is 1.94 bits per heavy atom. The molecule has 1 heterocycles. The van der Waals surface area contributed by atoms with Crippen molar-refractivity contribution in [3.63, 3.8) is 0 Å². The van der Waals surface area contributed by atoms with Gasteiger partial charge in [0.2, 0.25) is 0 Å². The van der Waals surface area contributed by atoms with E-state index in [0.717, 1.165) is 23.9 Å². The highest BCUT2D eigenvalue weighted by atomic mass is 15.2. The van der Waals surface area contributed by atoms with Crippen LogP contribution in [0.25, 0.3) is 0 Å². The van der Waals surface area contributed by atoms with Gasteiger partial charge in [-0.05, 0) is 36.5 Å². The molecule has 0 spiro atoms. The lowest BCUT2D eigenvalue weighted by molar-refractivity contribution is 0.0580. The third-order valence-corrected chi connectivity index (χ3v) is 5.40. The molecule has 1 N–H and O–H groups in total. The summed E-state index contributed by atoms with van der Waals surface area (Å²) in [6.07, 6.45) is 4.18. The Labute approximate surface area is 114 Å². The smallest absolute Gasteiger partial charge is 0.0224 e. The van der Waals surface area contributed by atoms with Gasteiger partial charge >= 0.3 is 0 Å². The Kier molecular flexibility index (Phi) is 4.38. The van der Waals surface area contributed by atoms with E-state index in [1.807, 2.05) is 0 Å². The summed E-state index contributed by atoms with van der Waals surface area (Å²) in [5, 5.41) is 3.79. The molecular weight excluding hydrogens is 220 g/mol. The molecule has 2 aliphatic rings. The Morgan fingerprint density at radius 1 is 1.28 bits per heavy atom. The number of hydrogen-bond acceptors (Lipinski definition) is 2. The summed E-state index contributed by atoms with van der Waals surface area (Å²) in [6.45, 7) is 15.7. The van der Waals surface area contributed by atoms with Crippen molar-refractivity contribution in [1.29, 1.82) is 0 Å². The van der Waals surface area contributed by atoms with Gasteiger partial charge in [-0.1, -0.05) is 34.6 Å². The van der Waals surface area contributed by atoms with Gasteiger partial charge in [0.25, 0.3) is 0 Å². The van der Waals surface area contributed by atoms with E-state index in [0.29, 0.717) is 5.41 Å². The molecule has 2 nitrogen and oxygen atoms in total. The van der Waals surface area contributed by atoms with Crippen LogP contribution in [0.3, 0.4) is 0 Å². The molecule has 18 heavy (non-hydrogen) atoms. The lowest BCUT2D eigenvalue weighted by Gasteiger charge is -2.45. The SMILES string of the molecule is CCC1CNC(C2CC2)CN1CC(C)(C)C(C)C. The molecule has 2 unspecified atom stereocenters. The van der Waals surface area contributed by atoms with Gasteiger partial charge in [-0.2, -0.15) is 0 Å². The number of nitrogens with zero attached hydrogens (tertiary/aromatic N) is 1. The first-order valence-corrected chi connectivity index (χ1v) is 7.91. The van der Waals surface area contributed by atoms with Crippen LogP contribution in [0.2, 0.25) is 0 Å². The van der Waals surface area contributed by atoms with Crippen LogP contribution in [0, 0.1) is 17.3 Å². The van der Waals surface area contributed by atoms with Crippen molar-refractivity contribution in [2.24, 2.45) is 17.3 Å². The van der Waals surface area contributed by atoms with Crippen LogP contribution in [-0.4, -0.2) is 36.6 Å². The second-order valence-corrected chi connectivity index (χ2v) is 7.49. The molecule has 1 aliphatic carbocycles. The van der Waals surface area contributed by atoms with Gasteiger partial charge in [0, 0.05) is 31.7 Å². The molecule has 0 aromatic rings. The van der Waals surface area contributed by atoms with Crippen LogP contribution in [0.5, 0.6) is 0 Å². The summed E-state index contributed by atoms with van der Waals surface area (Å²) in [5.74, 6) is 1.73.